The van der Waals surface area contributed by atoms with Crippen molar-refractivity contribution in [3.63, 3.8) is 0 Å². The van der Waals surface area contributed by atoms with E-state index in [9.17, 15) is 0 Å². The number of morpholine rings is 1. The molecule has 2 N–H and O–H groups in total. The Morgan fingerprint density at radius 2 is 1.84 bits per heavy atom. The fourth-order valence-electron chi connectivity index (χ4n) is 4.08. The Hall–Kier alpha value is -0.850. The summed E-state index contributed by atoms with van der Waals surface area (Å²) in [6.07, 6.45) is 10.1. The third-order valence-corrected chi connectivity index (χ3v) is 5.59. The molecule has 1 aliphatic heterocycles. The second-order valence-corrected chi connectivity index (χ2v) is 7.29. The first-order valence-corrected chi connectivity index (χ1v) is 10.1. The first-order chi connectivity index (χ1) is 12.3. The molecule has 25 heavy (non-hydrogen) atoms. The van der Waals surface area contributed by atoms with Crippen LogP contribution < -0.4 is 10.6 Å². The van der Waals surface area contributed by atoms with E-state index in [1.54, 1.807) is 7.11 Å². The van der Waals surface area contributed by atoms with Gasteiger partial charge in [-0.2, -0.15) is 0 Å². The standard InChI is InChI=1S/C19H38N4O2/c1-20-18(21-11-7-4-8-14-24-2)22-17-19(9-5-3-6-10-19)23-12-15-25-16-13-23/h3-17H2,1-2H3,(H2,20,21,22). The van der Waals surface area contributed by atoms with Crippen molar-refractivity contribution in [2.75, 3.05) is 60.2 Å². The number of hydrogen-bond donors (Lipinski definition) is 2. The van der Waals surface area contributed by atoms with Crippen molar-refractivity contribution in [3.8, 4) is 0 Å². The summed E-state index contributed by atoms with van der Waals surface area (Å²) in [6.45, 7) is 6.67. The second-order valence-electron chi connectivity index (χ2n) is 7.29. The van der Waals surface area contributed by atoms with Gasteiger partial charge in [-0.15, -0.1) is 0 Å². The molecule has 0 spiro atoms. The molecule has 2 fully saturated rings. The van der Waals surface area contributed by atoms with Gasteiger partial charge >= 0.3 is 0 Å². The van der Waals surface area contributed by atoms with Crippen molar-refractivity contribution in [2.45, 2.75) is 56.9 Å². The van der Waals surface area contributed by atoms with Crippen molar-refractivity contribution >= 4 is 5.96 Å². The van der Waals surface area contributed by atoms with Gasteiger partial charge in [-0.1, -0.05) is 19.3 Å². The molecule has 1 saturated carbocycles. The normalized spacial score (nSPS) is 21.9. The zero-order chi connectivity index (χ0) is 17.8. The summed E-state index contributed by atoms with van der Waals surface area (Å²) < 4.78 is 10.7. The van der Waals surface area contributed by atoms with E-state index in [0.717, 1.165) is 64.8 Å². The summed E-state index contributed by atoms with van der Waals surface area (Å²) in [6, 6.07) is 0. The molecule has 0 aromatic rings. The quantitative estimate of drug-likeness (QED) is 0.377. The smallest absolute Gasteiger partial charge is 0.191 e. The van der Waals surface area contributed by atoms with Gasteiger partial charge in [0.2, 0.25) is 0 Å². The van der Waals surface area contributed by atoms with Crippen LogP contribution in [0.25, 0.3) is 0 Å². The van der Waals surface area contributed by atoms with E-state index >= 15 is 0 Å². The Kier molecular flexibility index (Phi) is 9.58. The molecule has 0 radical (unpaired) electrons. The Labute approximate surface area is 153 Å². The SMILES string of the molecule is CN=C(NCCCCCOC)NCC1(N2CCOCC2)CCCCC1. The number of nitrogens with zero attached hydrogens (tertiary/aromatic N) is 2. The van der Waals surface area contributed by atoms with E-state index in [0.29, 0.717) is 0 Å². The largest absolute Gasteiger partial charge is 0.385 e. The van der Waals surface area contributed by atoms with Crippen molar-refractivity contribution in [2.24, 2.45) is 4.99 Å². The predicted octanol–water partition coefficient (Wildman–Crippen LogP) is 2.00. The van der Waals surface area contributed by atoms with Gasteiger partial charge in [0.1, 0.15) is 0 Å². The van der Waals surface area contributed by atoms with Crippen LogP contribution >= 0.6 is 0 Å². The van der Waals surface area contributed by atoms with Crippen molar-refractivity contribution in [3.05, 3.63) is 0 Å². The van der Waals surface area contributed by atoms with Crippen LogP contribution in [0, 0.1) is 0 Å². The maximum absolute atomic E-state index is 5.57. The summed E-state index contributed by atoms with van der Waals surface area (Å²) in [5, 5.41) is 7.07. The van der Waals surface area contributed by atoms with E-state index in [1.807, 2.05) is 7.05 Å². The molecule has 6 nitrogen and oxygen atoms in total. The minimum atomic E-state index is 0.276. The van der Waals surface area contributed by atoms with Crippen LogP contribution in [0.3, 0.4) is 0 Å². The van der Waals surface area contributed by atoms with E-state index in [-0.39, 0.29) is 5.54 Å². The molecule has 6 heteroatoms. The van der Waals surface area contributed by atoms with Gasteiger partial charge in [-0.25, -0.2) is 0 Å². The molecule has 0 bridgehead atoms. The maximum Gasteiger partial charge on any atom is 0.191 e. The highest BCUT2D eigenvalue weighted by molar-refractivity contribution is 5.79. The van der Waals surface area contributed by atoms with E-state index < -0.39 is 0 Å². The van der Waals surface area contributed by atoms with Gasteiger partial charge in [-0.3, -0.25) is 9.89 Å². The summed E-state index contributed by atoms with van der Waals surface area (Å²) >= 11 is 0. The number of nitrogens with one attached hydrogen (secondary N) is 2. The van der Waals surface area contributed by atoms with Crippen LogP contribution in [0.1, 0.15) is 51.4 Å². The number of methoxy groups -OCH3 is 1. The Morgan fingerprint density at radius 3 is 2.52 bits per heavy atom. The van der Waals surface area contributed by atoms with Gasteiger partial charge in [0, 0.05) is 52.5 Å². The van der Waals surface area contributed by atoms with Crippen molar-refractivity contribution in [1.29, 1.82) is 0 Å². The van der Waals surface area contributed by atoms with Crippen LogP contribution in [0.4, 0.5) is 0 Å². The molecule has 1 aliphatic carbocycles. The number of guanidine groups is 1. The molecule has 1 heterocycles. The molecule has 0 aromatic heterocycles. The predicted molar refractivity (Wildman–Crippen MR) is 103 cm³/mol. The fourth-order valence-corrected chi connectivity index (χ4v) is 4.08. The number of hydrogen-bond acceptors (Lipinski definition) is 4. The van der Waals surface area contributed by atoms with Crippen LogP contribution in [-0.4, -0.2) is 76.6 Å². The molecule has 1 saturated heterocycles. The summed E-state index contributed by atoms with van der Waals surface area (Å²) in [4.78, 5) is 7.08. The summed E-state index contributed by atoms with van der Waals surface area (Å²) in [5.41, 5.74) is 0.276. The van der Waals surface area contributed by atoms with Crippen molar-refractivity contribution in [1.82, 2.24) is 15.5 Å². The lowest BCUT2D eigenvalue weighted by molar-refractivity contribution is -0.0352. The minimum absolute atomic E-state index is 0.276. The Balaban J connectivity index is 1.77. The molecule has 0 amide bonds. The number of ether oxygens (including phenoxy) is 2. The average molecular weight is 355 g/mol. The molecule has 0 aromatic carbocycles. The molecule has 0 atom stereocenters. The number of unbranched alkanes of at least 4 members (excludes halogenated alkanes) is 2. The highest BCUT2D eigenvalue weighted by Crippen LogP contribution is 2.33. The molecule has 2 rings (SSSR count). The molecule has 2 aliphatic rings. The molecule has 0 unspecified atom stereocenters. The zero-order valence-corrected chi connectivity index (χ0v) is 16.3. The van der Waals surface area contributed by atoms with Crippen LogP contribution in [0.2, 0.25) is 0 Å². The zero-order valence-electron chi connectivity index (χ0n) is 16.3. The van der Waals surface area contributed by atoms with Crippen molar-refractivity contribution < 1.29 is 9.47 Å². The number of rotatable bonds is 9. The second kappa shape index (κ2) is 11.7. The lowest BCUT2D eigenvalue weighted by atomic mass is 9.80. The van der Waals surface area contributed by atoms with Gasteiger partial charge in [0.25, 0.3) is 0 Å². The van der Waals surface area contributed by atoms with Crippen LogP contribution in [0.5, 0.6) is 0 Å². The lowest BCUT2D eigenvalue weighted by Crippen LogP contribution is -2.60. The highest BCUT2D eigenvalue weighted by atomic mass is 16.5. The number of aliphatic imine (C=N–C) groups is 1. The molecule has 146 valence electrons. The van der Waals surface area contributed by atoms with Gasteiger partial charge in [-0.05, 0) is 32.1 Å². The van der Waals surface area contributed by atoms with Gasteiger partial charge in [0.05, 0.1) is 13.2 Å². The topological polar surface area (TPSA) is 58.1 Å². The van der Waals surface area contributed by atoms with Gasteiger partial charge in [0.15, 0.2) is 5.96 Å². The van der Waals surface area contributed by atoms with Crippen LogP contribution in [0.15, 0.2) is 4.99 Å². The highest BCUT2D eigenvalue weighted by Gasteiger charge is 2.38. The van der Waals surface area contributed by atoms with Crippen LogP contribution in [-0.2, 0) is 9.47 Å². The van der Waals surface area contributed by atoms with E-state index in [1.165, 1.54) is 38.5 Å². The Bertz CT molecular complexity index is 378. The third-order valence-electron chi connectivity index (χ3n) is 5.59. The van der Waals surface area contributed by atoms with Gasteiger partial charge < -0.3 is 20.1 Å². The monoisotopic (exact) mass is 354 g/mol. The summed E-state index contributed by atoms with van der Waals surface area (Å²) in [5.74, 6) is 0.935. The Morgan fingerprint density at radius 1 is 1.08 bits per heavy atom. The first kappa shape index (κ1) is 20.5. The third kappa shape index (κ3) is 6.76. The average Bonchev–Trinajstić information content (AvgIpc) is 2.68. The first-order valence-electron chi connectivity index (χ1n) is 10.1. The lowest BCUT2D eigenvalue weighted by Gasteiger charge is -2.48. The molecular weight excluding hydrogens is 316 g/mol. The van der Waals surface area contributed by atoms with E-state index in [2.05, 4.69) is 20.5 Å². The maximum atomic E-state index is 5.57. The minimum Gasteiger partial charge on any atom is -0.385 e. The molecular formula is C19H38N4O2. The van der Waals surface area contributed by atoms with E-state index in [4.69, 9.17) is 9.47 Å². The summed E-state index contributed by atoms with van der Waals surface area (Å²) in [7, 11) is 3.63. The fraction of sp³-hybridized carbons (Fsp3) is 0.947.